The summed E-state index contributed by atoms with van der Waals surface area (Å²) in [7, 11) is 2.11. The summed E-state index contributed by atoms with van der Waals surface area (Å²) < 4.78 is 0. The molecule has 0 aliphatic carbocycles. The zero-order valence-electron chi connectivity index (χ0n) is 16.3. The van der Waals surface area contributed by atoms with Crippen molar-refractivity contribution >= 4 is 11.7 Å². The number of benzene rings is 1. The SMILES string of the molecule is CCN(C)Cc1cccc(CNC(=O)N2CCN(c3ccncc3)CC2)c1. The Morgan fingerprint density at radius 3 is 2.52 bits per heavy atom. The third kappa shape index (κ3) is 5.44. The van der Waals surface area contributed by atoms with E-state index in [2.05, 4.69) is 58.3 Å². The molecule has 1 aliphatic heterocycles. The average molecular weight is 367 g/mol. The van der Waals surface area contributed by atoms with Crippen molar-refractivity contribution in [1.29, 1.82) is 0 Å². The Hall–Kier alpha value is -2.60. The number of nitrogens with zero attached hydrogens (tertiary/aromatic N) is 4. The van der Waals surface area contributed by atoms with E-state index < -0.39 is 0 Å². The maximum atomic E-state index is 12.5. The molecule has 1 saturated heterocycles. The summed E-state index contributed by atoms with van der Waals surface area (Å²) in [6.45, 7) is 7.81. The molecule has 6 nitrogen and oxygen atoms in total. The van der Waals surface area contributed by atoms with Gasteiger partial charge >= 0.3 is 6.03 Å². The summed E-state index contributed by atoms with van der Waals surface area (Å²) >= 11 is 0. The van der Waals surface area contributed by atoms with Crippen LogP contribution in [0.5, 0.6) is 0 Å². The predicted molar refractivity (Wildman–Crippen MR) is 109 cm³/mol. The molecule has 6 heteroatoms. The molecule has 144 valence electrons. The van der Waals surface area contributed by atoms with Crippen LogP contribution in [0.3, 0.4) is 0 Å². The van der Waals surface area contributed by atoms with Gasteiger partial charge in [0.2, 0.25) is 0 Å². The third-order valence-electron chi connectivity index (χ3n) is 5.02. The van der Waals surface area contributed by atoms with Gasteiger partial charge in [0, 0.05) is 57.3 Å². The van der Waals surface area contributed by atoms with Crippen LogP contribution in [0.15, 0.2) is 48.8 Å². The van der Waals surface area contributed by atoms with E-state index in [4.69, 9.17) is 0 Å². The van der Waals surface area contributed by atoms with E-state index in [1.807, 2.05) is 17.0 Å². The summed E-state index contributed by atoms with van der Waals surface area (Å²) in [5, 5.41) is 3.06. The van der Waals surface area contributed by atoms with Gasteiger partial charge in [0.25, 0.3) is 0 Å². The van der Waals surface area contributed by atoms with Crippen LogP contribution in [-0.2, 0) is 13.1 Å². The Balaban J connectivity index is 1.47. The highest BCUT2D eigenvalue weighted by Gasteiger charge is 2.21. The maximum Gasteiger partial charge on any atom is 0.317 e. The lowest BCUT2D eigenvalue weighted by atomic mass is 10.1. The minimum Gasteiger partial charge on any atom is -0.368 e. The van der Waals surface area contributed by atoms with Gasteiger partial charge in [-0.3, -0.25) is 4.98 Å². The van der Waals surface area contributed by atoms with Crippen molar-refractivity contribution in [1.82, 2.24) is 20.1 Å². The Morgan fingerprint density at radius 2 is 1.81 bits per heavy atom. The highest BCUT2D eigenvalue weighted by Crippen LogP contribution is 2.15. The van der Waals surface area contributed by atoms with Crippen molar-refractivity contribution in [3.63, 3.8) is 0 Å². The lowest BCUT2D eigenvalue weighted by Crippen LogP contribution is -2.51. The Labute approximate surface area is 161 Å². The summed E-state index contributed by atoms with van der Waals surface area (Å²) in [6, 6.07) is 12.5. The highest BCUT2D eigenvalue weighted by atomic mass is 16.2. The number of pyridine rings is 1. The number of hydrogen-bond acceptors (Lipinski definition) is 4. The number of piperazine rings is 1. The quantitative estimate of drug-likeness (QED) is 0.853. The molecule has 1 aliphatic rings. The molecule has 0 bridgehead atoms. The van der Waals surface area contributed by atoms with Crippen molar-refractivity contribution < 1.29 is 4.79 Å². The second-order valence-corrected chi connectivity index (χ2v) is 6.99. The van der Waals surface area contributed by atoms with Gasteiger partial charge in [0.05, 0.1) is 0 Å². The van der Waals surface area contributed by atoms with Crippen LogP contribution in [-0.4, -0.2) is 60.6 Å². The number of anilines is 1. The minimum absolute atomic E-state index is 0.0143. The summed E-state index contributed by atoms with van der Waals surface area (Å²) in [4.78, 5) is 23.0. The van der Waals surface area contributed by atoms with Crippen LogP contribution in [0.2, 0.25) is 0 Å². The Kier molecular flexibility index (Phi) is 6.65. The third-order valence-corrected chi connectivity index (χ3v) is 5.02. The van der Waals surface area contributed by atoms with Gasteiger partial charge in [-0.2, -0.15) is 0 Å². The van der Waals surface area contributed by atoms with Gasteiger partial charge in [-0.1, -0.05) is 31.2 Å². The molecule has 2 amide bonds. The maximum absolute atomic E-state index is 12.5. The van der Waals surface area contributed by atoms with E-state index >= 15 is 0 Å². The monoisotopic (exact) mass is 367 g/mol. The molecule has 1 fully saturated rings. The van der Waals surface area contributed by atoms with Gasteiger partial charge < -0.3 is 20.0 Å². The zero-order valence-corrected chi connectivity index (χ0v) is 16.3. The van der Waals surface area contributed by atoms with Crippen molar-refractivity contribution in [2.75, 3.05) is 44.7 Å². The number of urea groups is 1. The van der Waals surface area contributed by atoms with Gasteiger partial charge in [0.15, 0.2) is 0 Å². The first-order valence-electron chi connectivity index (χ1n) is 9.60. The number of carbonyl (C=O) groups is 1. The first kappa shape index (κ1) is 19.2. The van der Waals surface area contributed by atoms with E-state index in [-0.39, 0.29) is 6.03 Å². The van der Waals surface area contributed by atoms with Crippen LogP contribution in [0.25, 0.3) is 0 Å². The van der Waals surface area contributed by atoms with Crippen LogP contribution in [0, 0.1) is 0 Å². The van der Waals surface area contributed by atoms with Crippen molar-refractivity contribution in [2.45, 2.75) is 20.0 Å². The summed E-state index contributed by atoms with van der Waals surface area (Å²) in [5.41, 5.74) is 3.58. The fraction of sp³-hybridized carbons (Fsp3) is 0.429. The topological polar surface area (TPSA) is 51.7 Å². The van der Waals surface area contributed by atoms with Crippen LogP contribution >= 0.6 is 0 Å². The minimum atomic E-state index is 0.0143. The van der Waals surface area contributed by atoms with Crippen molar-refractivity contribution in [3.8, 4) is 0 Å². The van der Waals surface area contributed by atoms with Gasteiger partial charge in [-0.05, 0) is 36.9 Å². The average Bonchev–Trinajstić information content (AvgIpc) is 2.73. The van der Waals surface area contributed by atoms with E-state index in [0.29, 0.717) is 6.54 Å². The highest BCUT2D eigenvalue weighted by molar-refractivity contribution is 5.74. The Bertz CT molecular complexity index is 728. The molecule has 1 aromatic carbocycles. The van der Waals surface area contributed by atoms with Crippen LogP contribution in [0.1, 0.15) is 18.1 Å². The first-order valence-corrected chi connectivity index (χ1v) is 9.60. The molecule has 0 unspecified atom stereocenters. The lowest BCUT2D eigenvalue weighted by molar-refractivity contribution is 0.194. The van der Waals surface area contributed by atoms with E-state index in [0.717, 1.165) is 44.8 Å². The van der Waals surface area contributed by atoms with E-state index in [9.17, 15) is 4.79 Å². The molecule has 1 N–H and O–H groups in total. The van der Waals surface area contributed by atoms with Gasteiger partial charge in [0.1, 0.15) is 0 Å². The van der Waals surface area contributed by atoms with Gasteiger partial charge in [-0.25, -0.2) is 4.79 Å². The molecule has 1 aromatic heterocycles. The second-order valence-electron chi connectivity index (χ2n) is 6.99. The molecule has 0 spiro atoms. The molecule has 3 rings (SSSR count). The number of rotatable bonds is 6. The van der Waals surface area contributed by atoms with Gasteiger partial charge in [-0.15, -0.1) is 0 Å². The molecule has 0 radical (unpaired) electrons. The first-order chi connectivity index (χ1) is 13.2. The molecular weight excluding hydrogens is 338 g/mol. The molecular formula is C21H29N5O. The number of aromatic nitrogens is 1. The number of hydrogen-bond donors (Lipinski definition) is 1. The van der Waals surface area contributed by atoms with E-state index in [1.54, 1.807) is 12.4 Å². The molecule has 0 atom stereocenters. The lowest BCUT2D eigenvalue weighted by Gasteiger charge is -2.36. The Morgan fingerprint density at radius 1 is 1.11 bits per heavy atom. The standard InChI is InChI=1S/C21H29N5O/c1-3-24(2)17-19-6-4-5-18(15-19)16-23-21(27)26-13-11-25(12-14-26)20-7-9-22-10-8-20/h4-10,15H,3,11-14,16-17H2,1-2H3,(H,23,27). The van der Waals surface area contributed by atoms with Crippen LogP contribution in [0.4, 0.5) is 10.5 Å². The normalized spacial score (nSPS) is 14.5. The summed E-state index contributed by atoms with van der Waals surface area (Å²) in [5.74, 6) is 0. The second kappa shape index (κ2) is 9.37. The number of carbonyl (C=O) groups excluding carboxylic acids is 1. The number of nitrogens with one attached hydrogen (secondary N) is 1. The molecule has 2 aromatic rings. The largest absolute Gasteiger partial charge is 0.368 e. The fourth-order valence-corrected chi connectivity index (χ4v) is 3.27. The zero-order chi connectivity index (χ0) is 19.1. The van der Waals surface area contributed by atoms with Crippen molar-refractivity contribution in [3.05, 3.63) is 59.9 Å². The van der Waals surface area contributed by atoms with Crippen molar-refractivity contribution in [2.24, 2.45) is 0 Å². The molecule has 2 heterocycles. The number of amides is 2. The van der Waals surface area contributed by atoms with E-state index in [1.165, 1.54) is 11.3 Å². The summed E-state index contributed by atoms with van der Waals surface area (Å²) in [6.07, 6.45) is 3.61. The molecule has 0 saturated carbocycles. The molecule has 27 heavy (non-hydrogen) atoms. The fourth-order valence-electron chi connectivity index (χ4n) is 3.27. The predicted octanol–water partition coefficient (Wildman–Crippen LogP) is 2.57. The smallest absolute Gasteiger partial charge is 0.317 e. The van der Waals surface area contributed by atoms with Crippen LogP contribution < -0.4 is 10.2 Å².